The van der Waals surface area contributed by atoms with Crippen LogP contribution in [0.4, 0.5) is 8.78 Å². The molecule has 0 atom stereocenters. The Morgan fingerprint density at radius 3 is 1.84 bits per heavy atom. The number of aryl methyl sites for hydroxylation is 2. The Morgan fingerprint density at radius 2 is 1.30 bits per heavy atom. The molecule has 4 heterocycles. The third-order valence-corrected chi connectivity index (χ3v) is 9.62. The van der Waals surface area contributed by atoms with Crippen LogP contribution in [0.3, 0.4) is 0 Å². The fourth-order valence-electron chi connectivity index (χ4n) is 5.12. The molecule has 226 valence electrons. The quantitative estimate of drug-likeness (QED) is 0.135. The highest BCUT2D eigenvalue weighted by molar-refractivity contribution is 8.76. The molecule has 0 saturated carbocycles. The van der Waals surface area contributed by atoms with E-state index in [0.717, 1.165) is 22.4 Å². The molecule has 0 aliphatic heterocycles. The third kappa shape index (κ3) is 5.64. The van der Waals surface area contributed by atoms with Gasteiger partial charge in [-0.25, -0.2) is 9.97 Å². The van der Waals surface area contributed by atoms with Crippen LogP contribution in [0.15, 0.2) is 64.4 Å². The van der Waals surface area contributed by atoms with Gasteiger partial charge in [0.15, 0.2) is 10.9 Å². The first-order valence-electron chi connectivity index (χ1n) is 13.7. The van der Waals surface area contributed by atoms with Crippen molar-refractivity contribution in [1.82, 2.24) is 29.1 Å². The van der Waals surface area contributed by atoms with Crippen LogP contribution in [-0.4, -0.2) is 35.7 Å². The van der Waals surface area contributed by atoms with Gasteiger partial charge in [-0.2, -0.15) is 8.78 Å². The van der Waals surface area contributed by atoms with Crippen molar-refractivity contribution in [2.75, 3.05) is 0 Å². The van der Waals surface area contributed by atoms with Crippen LogP contribution in [0.2, 0.25) is 0 Å². The number of imidazole rings is 2. The van der Waals surface area contributed by atoms with E-state index in [2.05, 4.69) is 19.7 Å². The lowest BCUT2D eigenvalue weighted by Crippen LogP contribution is -2.19. The predicted octanol–water partition coefficient (Wildman–Crippen LogP) is 6.66. The number of nitrogens with zero attached hydrogens (tertiary/aromatic N) is 4. The summed E-state index contributed by atoms with van der Waals surface area (Å²) in [6, 6.07) is 12.3. The number of nitrogens with one attached hydrogen (secondary N) is 2. The summed E-state index contributed by atoms with van der Waals surface area (Å²) in [5, 5.41) is 0. The Hall–Kier alpha value is -4.36. The van der Waals surface area contributed by atoms with Crippen LogP contribution in [0.25, 0.3) is 34.0 Å². The molecule has 6 rings (SSSR count). The molecule has 0 radical (unpaired) electrons. The number of ether oxygens (including phenoxy) is 1. The second-order valence-corrected chi connectivity index (χ2v) is 12.8. The first kappa shape index (κ1) is 29.7. The Morgan fingerprint density at radius 1 is 0.773 bits per heavy atom. The summed E-state index contributed by atoms with van der Waals surface area (Å²) in [4.78, 5) is 41.8. The van der Waals surface area contributed by atoms with Crippen molar-refractivity contribution in [2.45, 2.75) is 45.8 Å². The van der Waals surface area contributed by atoms with Crippen molar-refractivity contribution in [2.24, 2.45) is 0 Å². The zero-order valence-corrected chi connectivity index (χ0v) is 25.9. The van der Waals surface area contributed by atoms with Crippen LogP contribution in [0, 0.1) is 27.7 Å². The van der Waals surface area contributed by atoms with Gasteiger partial charge in [0.05, 0.1) is 22.1 Å². The van der Waals surface area contributed by atoms with Gasteiger partial charge in [0.25, 0.3) is 0 Å². The number of rotatable bonds is 9. The van der Waals surface area contributed by atoms with Gasteiger partial charge in [-0.05, 0) is 52.0 Å². The summed E-state index contributed by atoms with van der Waals surface area (Å²) in [5.41, 5.74) is 6.77. The fourth-order valence-corrected chi connectivity index (χ4v) is 7.39. The lowest BCUT2D eigenvalue weighted by molar-refractivity contribution is -0.0497. The molecule has 0 unspecified atom stereocenters. The maximum Gasteiger partial charge on any atom is 0.387 e. The third-order valence-electron chi connectivity index (χ3n) is 7.46. The van der Waals surface area contributed by atoms with Gasteiger partial charge in [-0.15, -0.1) is 0 Å². The smallest absolute Gasteiger partial charge is 0.387 e. The normalized spacial score (nSPS) is 11.7. The number of para-hydroxylation sites is 2. The molecular weight excluding hydrogens is 607 g/mol. The molecular formula is C31H28F2N6O3S2. The number of hydrogen-bond acceptors (Lipinski definition) is 7. The summed E-state index contributed by atoms with van der Waals surface area (Å²) in [5.74, 6) is 2.08. The Bertz CT molecular complexity index is 2120. The molecule has 0 bridgehead atoms. The molecule has 2 aromatic carbocycles. The standard InChI is InChI=1S/C31H28F2N6O3S2/c1-16-12-38(30-34-21-7-5-6-8-22(21)35-30)25(18(3)27(16)40)14-43-44-15-26-19(4)28(41)17(2)13-39(26)31-36-23-10-9-20(42-29(32)33)11-24(23)37-31/h5-13,29H,14-15H2,1-4H3,(H,34,35)(H,36,37). The van der Waals surface area contributed by atoms with Crippen LogP contribution in [-0.2, 0) is 11.5 Å². The molecule has 0 amide bonds. The largest absolute Gasteiger partial charge is 0.435 e. The molecule has 44 heavy (non-hydrogen) atoms. The topological polar surface area (TPSA) is 111 Å². The molecule has 0 saturated heterocycles. The Balaban J connectivity index is 1.28. The molecule has 9 nitrogen and oxygen atoms in total. The highest BCUT2D eigenvalue weighted by Crippen LogP contribution is 2.32. The van der Waals surface area contributed by atoms with Gasteiger partial charge in [0, 0.05) is 63.6 Å². The van der Waals surface area contributed by atoms with E-state index in [1.807, 2.05) is 46.5 Å². The van der Waals surface area contributed by atoms with E-state index in [1.54, 1.807) is 54.6 Å². The number of aromatic nitrogens is 6. The average molecular weight is 635 g/mol. The van der Waals surface area contributed by atoms with Crippen molar-refractivity contribution < 1.29 is 13.5 Å². The van der Waals surface area contributed by atoms with Gasteiger partial charge in [-0.3, -0.25) is 18.7 Å². The van der Waals surface area contributed by atoms with E-state index in [-0.39, 0.29) is 16.6 Å². The van der Waals surface area contributed by atoms with E-state index < -0.39 is 6.61 Å². The minimum absolute atomic E-state index is 0.00632. The lowest BCUT2D eigenvalue weighted by Gasteiger charge is -2.16. The van der Waals surface area contributed by atoms with Crippen LogP contribution >= 0.6 is 21.6 Å². The highest BCUT2D eigenvalue weighted by Gasteiger charge is 2.18. The molecule has 0 aliphatic rings. The van der Waals surface area contributed by atoms with Crippen molar-refractivity contribution in [1.29, 1.82) is 0 Å². The number of H-pyrrole nitrogens is 2. The molecule has 2 N–H and O–H groups in total. The number of fused-ring (bicyclic) bond motifs is 2. The van der Waals surface area contributed by atoms with Gasteiger partial charge in [0.2, 0.25) is 11.9 Å². The van der Waals surface area contributed by atoms with E-state index >= 15 is 0 Å². The summed E-state index contributed by atoms with van der Waals surface area (Å²) in [6.45, 7) is 4.22. The molecule has 4 aromatic heterocycles. The van der Waals surface area contributed by atoms with Gasteiger partial charge in [0.1, 0.15) is 5.75 Å². The maximum absolute atomic E-state index is 12.9. The second-order valence-electron chi connectivity index (χ2n) is 10.4. The summed E-state index contributed by atoms with van der Waals surface area (Å²) in [6.07, 6.45) is 3.54. The highest BCUT2D eigenvalue weighted by atomic mass is 33.1. The van der Waals surface area contributed by atoms with Crippen molar-refractivity contribution in [3.05, 3.63) is 109 Å². The zero-order chi connectivity index (χ0) is 31.1. The first-order valence-corrected chi connectivity index (χ1v) is 16.2. The van der Waals surface area contributed by atoms with Crippen molar-refractivity contribution in [3.8, 4) is 17.6 Å². The number of halogens is 2. The molecule has 6 aromatic rings. The number of benzene rings is 2. The Kier molecular flexibility index (Phi) is 8.08. The molecule has 0 aliphatic carbocycles. The number of alkyl halides is 2. The van der Waals surface area contributed by atoms with Gasteiger partial charge in [-0.1, -0.05) is 33.7 Å². The van der Waals surface area contributed by atoms with E-state index in [0.29, 0.717) is 56.7 Å². The predicted molar refractivity (Wildman–Crippen MR) is 172 cm³/mol. The minimum Gasteiger partial charge on any atom is -0.435 e. The SMILES string of the molecule is Cc1cn(-c2nc3ccccc3[nH]2)c(CSSCc2c(C)c(=O)c(C)cn2-c2nc3ccc(OC(F)F)cc3[nH]2)c(C)c1=O. The molecule has 0 spiro atoms. The van der Waals surface area contributed by atoms with E-state index in [9.17, 15) is 18.4 Å². The van der Waals surface area contributed by atoms with E-state index in [1.165, 1.54) is 12.1 Å². The summed E-state index contributed by atoms with van der Waals surface area (Å²) >= 11 is 0. The average Bonchev–Trinajstić information content (AvgIpc) is 3.62. The monoisotopic (exact) mass is 634 g/mol. The van der Waals surface area contributed by atoms with Crippen LogP contribution in [0.1, 0.15) is 33.6 Å². The lowest BCUT2D eigenvalue weighted by atomic mass is 10.1. The Labute approximate surface area is 258 Å². The van der Waals surface area contributed by atoms with E-state index in [4.69, 9.17) is 4.98 Å². The zero-order valence-electron chi connectivity index (χ0n) is 24.3. The second kappa shape index (κ2) is 12.0. The van der Waals surface area contributed by atoms with Gasteiger partial charge >= 0.3 is 6.61 Å². The maximum atomic E-state index is 12.9. The molecule has 13 heteroatoms. The fraction of sp³-hybridized carbons (Fsp3) is 0.226. The first-order chi connectivity index (χ1) is 21.1. The number of pyridine rings is 2. The van der Waals surface area contributed by atoms with Crippen LogP contribution in [0.5, 0.6) is 5.75 Å². The molecule has 0 fully saturated rings. The summed E-state index contributed by atoms with van der Waals surface area (Å²) < 4.78 is 33.8. The number of aromatic amines is 2. The number of hydrogen-bond donors (Lipinski definition) is 2. The minimum atomic E-state index is -2.93. The summed E-state index contributed by atoms with van der Waals surface area (Å²) in [7, 11) is 3.11. The van der Waals surface area contributed by atoms with Crippen LogP contribution < -0.4 is 15.6 Å². The van der Waals surface area contributed by atoms with Gasteiger partial charge < -0.3 is 14.7 Å². The van der Waals surface area contributed by atoms with Crippen molar-refractivity contribution in [3.63, 3.8) is 0 Å². The van der Waals surface area contributed by atoms with Crippen molar-refractivity contribution >= 4 is 43.7 Å².